The minimum absolute atomic E-state index is 0.111. The standard InChI is InChI=1S/C13H13FN6O/c14-13(6-21-7-13)5-20-11-1-10(12-9(15)4-17-19-12)16-2-8(11)3-18-20/h1-4H,5-7,15H2,(H,17,19). The topological polar surface area (TPSA) is 94.6 Å². The second-order valence-electron chi connectivity index (χ2n) is 5.27. The van der Waals surface area contributed by atoms with Gasteiger partial charge in [-0.2, -0.15) is 10.2 Å². The molecule has 3 aromatic rings. The van der Waals surface area contributed by atoms with Crippen LogP contribution in [0.15, 0.2) is 24.7 Å². The van der Waals surface area contributed by atoms with Gasteiger partial charge in [0.25, 0.3) is 0 Å². The first-order valence-corrected chi connectivity index (χ1v) is 6.52. The number of aromatic amines is 1. The van der Waals surface area contributed by atoms with Gasteiger partial charge in [-0.25, -0.2) is 4.39 Å². The quantitative estimate of drug-likeness (QED) is 0.753. The lowest BCUT2D eigenvalue weighted by Crippen LogP contribution is -2.48. The first-order chi connectivity index (χ1) is 10.1. The molecule has 4 heterocycles. The Hall–Kier alpha value is -2.48. The van der Waals surface area contributed by atoms with E-state index in [4.69, 9.17) is 10.5 Å². The summed E-state index contributed by atoms with van der Waals surface area (Å²) in [5.41, 5.74) is 7.11. The highest BCUT2D eigenvalue weighted by Gasteiger charge is 2.39. The second-order valence-corrected chi connectivity index (χ2v) is 5.27. The molecular formula is C13H13FN6O. The van der Waals surface area contributed by atoms with E-state index in [-0.39, 0.29) is 19.8 Å². The zero-order chi connectivity index (χ0) is 14.4. The summed E-state index contributed by atoms with van der Waals surface area (Å²) < 4.78 is 20.8. The molecule has 108 valence electrons. The van der Waals surface area contributed by atoms with Crippen LogP contribution >= 0.6 is 0 Å². The van der Waals surface area contributed by atoms with Crippen molar-refractivity contribution in [2.45, 2.75) is 12.2 Å². The van der Waals surface area contributed by atoms with Crippen LogP contribution in [0.25, 0.3) is 22.3 Å². The van der Waals surface area contributed by atoms with Crippen molar-refractivity contribution in [2.75, 3.05) is 18.9 Å². The predicted molar refractivity (Wildman–Crippen MR) is 74.2 cm³/mol. The van der Waals surface area contributed by atoms with Gasteiger partial charge in [-0.05, 0) is 6.07 Å². The van der Waals surface area contributed by atoms with Crippen LogP contribution in [0.2, 0.25) is 0 Å². The molecule has 0 spiro atoms. The number of rotatable bonds is 3. The Bertz CT molecular complexity index is 806. The van der Waals surface area contributed by atoms with Crippen LogP contribution in [0.3, 0.4) is 0 Å². The Morgan fingerprint density at radius 3 is 2.90 bits per heavy atom. The molecule has 0 atom stereocenters. The molecule has 0 aromatic carbocycles. The molecule has 4 rings (SSSR count). The van der Waals surface area contributed by atoms with E-state index in [1.54, 1.807) is 17.1 Å². The lowest BCUT2D eigenvalue weighted by molar-refractivity contribution is -0.138. The van der Waals surface area contributed by atoms with Gasteiger partial charge >= 0.3 is 0 Å². The summed E-state index contributed by atoms with van der Waals surface area (Å²) in [4.78, 5) is 4.33. The number of halogens is 1. The van der Waals surface area contributed by atoms with E-state index in [1.165, 1.54) is 6.20 Å². The van der Waals surface area contributed by atoms with E-state index in [1.807, 2.05) is 6.07 Å². The van der Waals surface area contributed by atoms with Crippen molar-refractivity contribution in [3.63, 3.8) is 0 Å². The van der Waals surface area contributed by atoms with Crippen LogP contribution in [0.1, 0.15) is 0 Å². The molecule has 0 saturated carbocycles. The Balaban J connectivity index is 1.77. The maximum absolute atomic E-state index is 14.2. The molecule has 0 amide bonds. The van der Waals surface area contributed by atoms with Gasteiger partial charge in [-0.15, -0.1) is 0 Å². The number of nitrogen functional groups attached to an aromatic ring is 1. The summed E-state index contributed by atoms with van der Waals surface area (Å²) in [6.07, 6.45) is 4.89. The molecule has 3 N–H and O–H groups in total. The van der Waals surface area contributed by atoms with Gasteiger partial charge in [-0.3, -0.25) is 14.8 Å². The molecule has 0 bridgehead atoms. The SMILES string of the molecule is Nc1cn[nH]c1-c1cc2c(cn1)cnn2CC1(F)COC1. The van der Waals surface area contributed by atoms with E-state index in [0.717, 1.165) is 10.9 Å². The van der Waals surface area contributed by atoms with Crippen LogP contribution in [-0.4, -0.2) is 43.8 Å². The number of nitrogens with one attached hydrogen (secondary N) is 1. The van der Waals surface area contributed by atoms with Crippen LogP contribution in [0, 0.1) is 0 Å². The maximum Gasteiger partial charge on any atom is 0.176 e. The van der Waals surface area contributed by atoms with Crippen molar-refractivity contribution in [3.05, 3.63) is 24.7 Å². The van der Waals surface area contributed by atoms with Crippen molar-refractivity contribution in [3.8, 4) is 11.4 Å². The molecule has 0 radical (unpaired) electrons. The van der Waals surface area contributed by atoms with Gasteiger partial charge in [0, 0.05) is 11.6 Å². The summed E-state index contributed by atoms with van der Waals surface area (Å²) in [7, 11) is 0. The lowest BCUT2D eigenvalue weighted by atomic mass is 10.1. The predicted octanol–water partition coefficient (Wildman–Crippen LogP) is 1.14. The Morgan fingerprint density at radius 2 is 2.24 bits per heavy atom. The van der Waals surface area contributed by atoms with Gasteiger partial charge in [0.05, 0.1) is 49.1 Å². The molecule has 0 unspecified atom stereocenters. The fourth-order valence-electron chi connectivity index (χ4n) is 2.42. The van der Waals surface area contributed by atoms with Crippen molar-refractivity contribution in [1.29, 1.82) is 0 Å². The zero-order valence-electron chi connectivity index (χ0n) is 11.1. The molecule has 1 aliphatic rings. The van der Waals surface area contributed by atoms with Crippen LogP contribution in [-0.2, 0) is 11.3 Å². The molecule has 7 nitrogen and oxygen atoms in total. The summed E-state index contributed by atoms with van der Waals surface area (Å²) in [6.45, 7) is 0.387. The number of hydrogen-bond donors (Lipinski definition) is 2. The van der Waals surface area contributed by atoms with Gasteiger partial charge in [0.1, 0.15) is 5.69 Å². The Morgan fingerprint density at radius 1 is 1.38 bits per heavy atom. The molecular weight excluding hydrogens is 275 g/mol. The number of anilines is 1. The summed E-state index contributed by atoms with van der Waals surface area (Å²) in [6, 6.07) is 1.83. The highest BCUT2D eigenvalue weighted by atomic mass is 19.1. The number of alkyl halides is 1. The molecule has 8 heteroatoms. The summed E-state index contributed by atoms with van der Waals surface area (Å²) in [5, 5.41) is 11.8. The molecule has 1 fully saturated rings. The number of nitrogens with two attached hydrogens (primary N) is 1. The third-order valence-corrected chi connectivity index (χ3v) is 3.61. The zero-order valence-corrected chi connectivity index (χ0v) is 11.1. The highest BCUT2D eigenvalue weighted by Crippen LogP contribution is 2.28. The summed E-state index contributed by atoms with van der Waals surface area (Å²) in [5.74, 6) is 0. The van der Waals surface area contributed by atoms with E-state index in [9.17, 15) is 4.39 Å². The monoisotopic (exact) mass is 288 g/mol. The molecule has 3 aromatic heterocycles. The minimum Gasteiger partial charge on any atom is -0.396 e. The van der Waals surface area contributed by atoms with Crippen LogP contribution in [0.5, 0.6) is 0 Å². The first kappa shape index (κ1) is 12.3. The lowest BCUT2D eigenvalue weighted by Gasteiger charge is -2.33. The van der Waals surface area contributed by atoms with Gasteiger partial charge in [0.2, 0.25) is 0 Å². The third-order valence-electron chi connectivity index (χ3n) is 3.61. The number of H-pyrrole nitrogens is 1. The number of nitrogens with zero attached hydrogens (tertiary/aromatic N) is 4. The minimum atomic E-state index is -1.34. The molecule has 1 saturated heterocycles. The van der Waals surface area contributed by atoms with E-state index >= 15 is 0 Å². The van der Waals surface area contributed by atoms with Gasteiger partial charge < -0.3 is 10.5 Å². The normalized spacial score (nSPS) is 17.0. The van der Waals surface area contributed by atoms with Gasteiger partial charge in [0.15, 0.2) is 5.67 Å². The van der Waals surface area contributed by atoms with E-state index < -0.39 is 5.67 Å². The summed E-state index contributed by atoms with van der Waals surface area (Å²) >= 11 is 0. The van der Waals surface area contributed by atoms with Crippen molar-refractivity contribution < 1.29 is 9.13 Å². The van der Waals surface area contributed by atoms with Crippen LogP contribution < -0.4 is 5.73 Å². The van der Waals surface area contributed by atoms with Crippen LogP contribution in [0.4, 0.5) is 10.1 Å². The maximum atomic E-state index is 14.2. The number of hydrogen-bond acceptors (Lipinski definition) is 5. The number of ether oxygens (including phenoxy) is 1. The average Bonchev–Trinajstić information content (AvgIpc) is 3.03. The average molecular weight is 288 g/mol. The highest BCUT2D eigenvalue weighted by molar-refractivity contribution is 5.83. The molecule has 21 heavy (non-hydrogen) atoms. The first-order valence-electron chi connectivity index (χ1n) is 6.52. The van der Waals surface area contributed by atoms with Crippen molar-refractivity contribution in [1.82, 2.24) is 25.0 Å². The van der Waals surface area contributed by atoms with Crippen molar-refractivity contribution >= 4 is 16.6 Å². The molecule has 0 aliphatic carbocycles. The van der Waals surface area contributed by atoms with E-state index in [2.05, 4.69) is 20.3 Å². The fourth-order valence-corrected chi connectivity index (χ4v) is 2.42. The second kappa shape index (κ2) is 4.26. The van der Waals surface area contributed by atoms with E-state index in [0.29, 0.717) is 17.1 Å². The molecule has 1 aliphatic heterocycles. The third kappa shape index (κ3) is 1.95. The fraction of sp³-hybridized carbons (Fsp3) is 0.308. The number of fused-ring (bicyclic) bond motifs is 1. The number of pyridine rings is 1. The van der Waals surface area contributed by atoms with Gasteiger partial charge in [-0.1, -0.05) is 0 Å². The largest absolute Gasteiger partial charge is 0.396 e. The van der Waals surface area contributed by atoms with Crippen molar-refractivity contribution in [2.24, 2.45) is 0 Å². The number of aromatic nitrogens is 5. The smallest absolute Gasteiger partial charge is 0.176 e. The Kier molecular flexibility index (Phi) is 2.49. The Labute approximate surface area is 118 Å².